The number of likely N-dealkylation sites (tertiary alicyclic amines) is 1. The number of benzene rings is 1. The lowest BCUT2D eigenvalue weighted by Gasteiger charge is -2.34. The molecular formula is C19H26ClN5O3. The van der Waals surface area contributed by atoms with Gasteiger partial charge in [-0.1, -0.05) is 11.6 Å². The number of amides is 5. The highest BCUT2D eigenvalue weighted by atomic mass is 35.5. The fourth-order valence-corrected chi connectivity index (χ4v) is 4.06. The van der Waals surface area contributed by atoms with E-state index in [2.05, 4.69) is 5.32 Å². The first kappa shape index (κ1) is 20.3. The summed E-state index contributed by atoms with van der Waals surface area (Å²) in [6, 6.07) is 6.54. The molecule has 152 valence electrons. The fourth-order valence-electron chi connectivity index (χ4n) is 3.93. The maximum Gasteiger partial charge on any atom is 0.321 e. The highest BCUT2D eigenvalue weighted by molar-refractivity contribution is 6.30. The molecule has 3 rings (SSSR count). The molecule has 0 radical (unpaired) electrons. The van der Waals surface area contributed by atoms with Crippen molar-refractivity contribution in [3.63, 3.8) is 0 Å². The molecule has 2 fully saturated rings. The van der Waals surface area contributed by atoms with Gasteiger partial charge in [0.15, 0.2) is 0 Å². The lowest BCUT2D eigenvalue weighted by molar-refractivity contribution is -0.126. The number of carbonyl (C=O) groups is 3. The summed E-state index contributed by atoms with van der Waals surface area (Å²) in [5, 5.41) is 3.47. The second-order valence-corrected chi connectivity index (χ2v) is 8.32. The Balaban J connectivity index is 1.80. The van der Waals surface area contributed by atoms with Crippen LogP contribution in [0.5, 0.6) is 0 Å². The van der Waals surface area contributed by atoms with Crippen LogP contribution in [0, 0.1) is 5.41 Å². The number of hydrogen-bond acceptors (Lipinski definition) is 3. The number of anilines is 1. The van der Waals surface area contributed by atoms with Crippen molar-refractivity contribution in [3.05, 3.63) is 29.3 Å². The summed E-state index contributed by atoms with van der Waals surface area (Å²) in [6.07, 6.45) is 0.325. The van der Waals surface area contributed by atoms with E-state index in [9.17, 15) is 14.4 Å². The molecule has 1 N–H and O–H groups in total. The number of hydrogen-bond donors (Lipinski definition) is 1. The lowest BCUT2D eigenvalue weighted by Crippen LogP contribution is -2.47. The zero-order valence-electron chi connectivity index (χ0n) is 16.4. The summed E-state index contributed by atoms with van der Waals surface area (Å²) in [5.41, 5.74) is 0.180. The average Bonchev–Trinajstić information content (AvgIpc) is 2.80. The van der Waals surface area contributed by atoms with Gasteiger partial charge in [0, 0.05) is 76.4 Å². The summed E-state index contributed by atoms with van der Waals surface area (Å²) in [6.45, 7) is 2.21. The molecule has 28 heavy (non-hydrogen) atoms. The van der Waals surface area contributed by atoms with Crippen LogP contribution < -0.4 is 5.32 Å². The van der Waals surface area contributed by atoms with Crippen LogP contribution in [0.1, 0.15) is 6.42 Å². The monoisotopic (exact) mass is 407 g/mol. The Morgan fingerprint density at radius 2 is 1.68 bits per heavy atom. The zero-order valence-corrected chi connectivity index (χ0v) is 17.2. The Kier molecular flexibility index (Phi) is 5.69. The SMILES string of the molecule is CN(C)C(=O)N1CCN(C(=O)Nc2ccc(Cl)cc2)C[C@@]2(CC(=O)N(C)C2)C1. The first-order chi connectivity index (χ1) is 13.2. The average molecular weight is 408 g/mol. The Bertz CT molecular complexity index is 769. The molecule has 8 nitrogen and oxygen atoms in total. The first-order valence-corrected chi connectivity index (χ1v) is 9.59. The molecule has 1 aromatic carbocycles. The molecule has 0 saturated carbocycles. The standard InChI is InChI=1S/C19H26ClN5O3/c1-22(2)18(28)25-9-8-24(12-19(13-25)10-16(26)23(3)11-19)17(27)21-15-6-4-14(20)5-7-15/h4-7H,8-13H2,1-3H3,(H,21,27)/t19-/m0/s1. The summed E-state index contributed by atoms with van der Waals surface area (Å²) in [7, 11) is 5.17. The van der Waals surface area contributed by atoms with E-state index in [4.69, 9.17) is 11.6 Å². The van der Waals surface area contributed by atoms with Gasteiger partial charge in [-0.2, -0.15) is 0 Å². The number of rotatable bonds is 1. The van der Waals surface area contributed by atoms with Crippen molar-refractivity contribution in [2.45, 2.75) is 6.42 Å². The van der Waals surface area contributed by atoms with Gasteiger partial charge in [-0.05, 0) is 24.3 Å². The van der Waals surface area contributed by atoms with Gasteiger partial charge in [-0.15, -0.1) is 0 Å². The molecule has 0 unspecified atom stereocenters. The fraction of sp³-hybridized carbons (Fsp3) is 0.526. The maximum atomic E-state index is 12.9. The molecule has 1 atom stereocenters. The van der Waals surface area contributed by atoms with Crippen LogP contribution in [0.3, 0.4) is 0 Å². The van der Waals surface area contributed by atoms with Crippen molar-refractivity contribution >= 4 is 35.3 Å². The molecule has 1 spiro atoms. The first-order valence-electron chi connectivity index (χ1n) is 9.21. The molecule has 2 saturated heterocycles. The predicted octanol–water partition coefficient (Wildman–Crippen LogP) is 2.02. The number of nitrogens with one attached hydrogen (secondary N) is 1. The van der Waals surface area contributed by atoms with Crippen molar-refractivity contribution in [2.24, 2.45) is 5.41 Å². The van der Waals surface area contributed by atoms with E-state index in [1.807, 2.05) is 0 Å². The maximum absolute atomic E-state index is 12.9. The molecule has 1 aromatic rings. The topological polar surface area (TPSA) is 76.2 Å². The molecule has 0 aromatic heterocycles. The van der Waals surface area contributed by atoms with Crippen LogP contribution in [0.15, 0.2) is 24.3 Å². The highest BCUT2D eigenvalue weighted by Crippen LogP contribution is 2.34. The molecule has 5 amide bonds. The van der Waals surface area contributed by atoms with Gasteiger partial charge in [0.05, 0.1) is 0 Å². The molecular weight excluding hydrogens is 382 g/mol. The summed E-state index contributed by atoms with van der Waals surface area (Å²) < 4.78 is 0. The molecule has 9 heteroatoms. The minimum absolute atomic E-state index is 0.0391. The van der Waals surface area contributed by atoms with Crippen LogP contribution in [0.4, 0.5) is 15.3 Å². The van der Waals surface area contributed by atoms with Gasteiger partial charge in [0.1, 0.15) is 0 Å². The van der Waals surface area contributed by atoms with Gasteiger partial charge in [-0.3, -0.25) is 4.79 Å². The van der Waals surface area contributed by atoms with E-state index in [-0.39, 0.29) is 18.0 Å². The predicted molar refractivity (Wildman–Crippen MR) is 107 cm³/mol. The van der Waals surface area contributed by atoms with E-state index in [0.717, 1.165) is 0 Å². The third-order valence-electron chi connectivity index (χ3n) is 5.25. The normalized spacial score (nSPS) is 22.4. The Morgan fingerprint density at radius 3 is 2.25 bits per heavy atom. The third-order valence-corrected chi connectivity index (χ3v) is 5.50. The number of carbonyl (C=O) groups excluding carboxylic acids is 3. The summed E-state index contributed by atoms with van der Waals surface area (Å²) >= 11 is 5.90. The van der Waals surface area contributed by atoms with Crippen molar-refractivity contribution in [1.29, 1.82) is 0 Å². The van der Waals surface area contributed by atoms with Crippen LogP contribution in [-0.4, -0.2) is 91.4 Å². The smallest absolute Gasteiger partial charge is 0.321 e. The van der Waals surface area contributed by atoms with E-state index < -0.39 is 5.41 Å². The van der Waals surface area contributed by atoms with Gasteiger partial charge in [-0.25, -0.2) is 9.59 Å². The quantitative estimate of drug-likeness (QED) is 0.773. The Hall–Kier alpha value is -2.48. The minimum atomic E-state index is -0.467. The van der Waals surface area contributed by atoms with Crippen molar-refractivity contribution in [1.82, 2.24) is 19.6 Å². The second kappa shape index (κ2) is 7.87. The summed E-state index contributed by atoms with van der Waals surface area (Å²) in [4.78, 5) is 44.4. The van der Waals surface area contributed by atoms with Crippen LogP contribution >= 0.6 is 11.6 Å². The van der Waals surface area contributed by atoms with Crippen molar-refractivity contribution in [3.8, 4) is 0 Å². The largest absolute Gasteiger partial charge is 0.345 e. The van der Waals surface area contributed by atoms with E-state index >= 15 is 0 Å². The van der Waals surface area contributed by atoms with Crippen molar-refractivity contribution < 1.29 is 14.4 Å². The van der Waals surface area contributed by atoms with E-state index in [1.54, 1.807) is 60.1 Å². The molecule has 0 bridgehead atoms. The number of halogens is 1. The molecule has 2 heterocycles. The Labute approximate surface area is 170 Å². The number of nitrogens with zero attached hydrogens (tertiary/aromatic N) is 4. The van der Waals surface area contributed by atoms with Gasteiger partial charge in [0.2, 0.25) is 5.91 Å². The molecule has 2 aliphatic rings. The lowest BCUT2D eigenvalue weighted by atomic mass is 9.86. The van der Waals surface area contributed by atoms with Gasteiger partial charge in [0.25, 0.3) is 0 Å². The number of urea groups is 2. The minimum Gasteiger partial charge on any atom is -0.345 e. The zero-order chi connectivity index (χ0) is 20.5. The van der Waals surface area contributed by atoms with Crippen LogP contribution in [0.2, 0.25) is 5.02 Å². The van der Waals surface area contributed by atoms with Gasteiger partial charge < -0.3 is 24.9 Å². The van der Waals surface area contributed by atoms with E-state index in [1.165, 1.54) is 4.90 Å². The second-order valence-electron chi connectivity index (χ2n) is 7.88. The van der Waals surface area contributed by atoms with Crippen LogP contribution in [-0.2, 0) is 4.79 Å². The molecule has 2 aliphatic heterocycles. The van der Waals surface area contributed by atoms with E-state index in [0.29, 0.717) is 49.9 Å². The van der Waals surface area contributed by atoms with Crippen LogP contribution in [0.25, 0.3) is 0 Å². The summed E-state index contributed by atoms with van der Waals surface area (Å²) in [5.74, 6) is 0.0391. The highest BCUT2D eigenvalue weighted by Gasteiger charge is 2.47. The van der Waals surface area contributed by atoms with Crippen molar-refractivity contribution in [2.75, 3.05) is 59.2 Å². The third kappa shape index (κ3) is 4.32. The molecule has 0 aliphatic carbocycles. The van der Waals surface area contributed by atoms with Gasteiger partial charge >= 0.3 is 12.1 Å². The Morgan fingerprint density at radius 1 is 1.07 bits per heavy atom.